The molecule has 2 aromatic carbocycles. The number of nitrogen functional groups attached to an aromatic ring is 1. The van der Waals surface area contributed by atoms with Gasteiger partial charge in [0.15, 0.2) is 0 Å². The monoisotopic (exact) mass is 325 g/mol. The molecule has 2 N–H and O–H groups in total. The molecule has 0 aliphatic heterocycles. The number of rotatable bonds is 3. The fourth-order valence-electron chi connectivity index (χ4n) is 1.60. The van der Waals surface area contributed by atoms with E-state index < -0.39 is 0 Å². The van der Waals surface area contributed by atoms with Gasteiger partial charge in [0.25, 0.3) is 0 Å². The number of hydrogen-bond acceptors (Lipinski definition) is 2. The predicted octanol–water partition coefficient (Wildman–Crippen LogP) is 4.77. The van der Waals surface area contributed by atoms with Gasteiger partial charge in [-0.2, -0.15) is 0 Å². The molecule has 0 amide bonds. The van der Waals surface area contributed by atoms with Crippen LogP contribution in [0.3, 0.4) is 0 Å². The standard InChI is InChI=1S/C14H13BrFNS/c1-9-2-4-12(16)6-10(9)8-18-14-5-3-11(15)7-13(14)17/h2-7H,8,17H2,1H3. The molecule has 0 saturated carbocycles. The van der Waals surface area contributed by atoms with Crippen molar-refractivity contribution >= 4 is 33.4 Å². The normalized spacial score (nSPS) is 10.6. The van der Waals surface area contributed by atoms with Crippen LogP contribution in [0.2, 0.25) is 0 Å². The lowest BCUT2D eigenvalue weighted by Gasteiger charge is -2.08. The van der Waals surface area contributed by atoms with E-state index in [1.807, 2.05) is 25.1 Å². The molecule has 94 valence electrons. The van der Waals surface area contributed by atoms with Crippen molar-refractivity contribution < 1.29 is 4.39 Å². The highest BCUT2D eigenvalue weighted by atomic mass is 79.9. The van der Waals surface area contributed by atoms with Gasteiger partial charge >= 0.3 is 0 Å². The highest BCUT2D eigenvalue weighted by Gasteiger charge is 2.04. The molecule has 18 heavy (non-hydrogen) atoms. The number of aryl methyl sites for hydroxylation is 1. The first-order valence-corrected chi connectivity index (χ1v) is 7.27. The minimum absolute atomic E-state index is 0.194. The first-order chi connectivity index (χ1) is 8.56. The molecule has 0 atom stereocenters. The van der Waals surface area contributed by atoms with Crippen LogP contribution in [0.1, 0.15) is 11.1 Å². The highest BCUT2D eigenvalue weighted by molar-refractivity contribution is 9.10. The van der Waals surface area contributed by atoms with Gasteiger partial charge in [0.1, 0.15) is 5.82 Å². The second-order valence-corrected chi connectivity index (χ2v) is 5.97. The Morgan fingerprint density at radius 1 is 1.22 bits per heavy atom. The van der Waals surface area contributed by atoms with Crippen LogP contribution in [-0.4, -0.2) is 0 Å². The van der Waals surface area contributed by atoms with Crippen molar-refractivity contribution in [2.45, 2.75) is 17.6 Å². The Hall–Kier alpha value is -1.00. The Bertz CT molecular complexity index is 572. The van der Waals surface area contributed by atoms with Crippen molar-refractivity contribution in [2.24, 2.45) is 0 Å². The van der Waals surface area contributed by atoms with Gasteiger partial charge in [0.05, 0.1) is 0 Å². The van der Waals surface area contributed by atoms with Crippen molar-refractivity contribution in [3.05, 3.63) is 57.8 Å². The number of halogens is 2. The predicted molar refractivity (Wildman–Crippen MR) is 79.3 cm³/mol. The van der Waals surface area contributed by atoms with Crippen molar-refractivity contribution in [3.8, 4) is 0 Å². The molecule has 0 aliphatic carbocycles. The fraction of sp³-hybridized carbons (Fsp3) is 0.143. The van der Waals surface area contributed by atoms with Crippen molar-refractivity contribution in [3.63, 3.8) is 0 Å². The van der Waals surface area contributed by atoms with Gasteiger partial charge in [-0.05, 0) is 48.4 Å². The first kappa shape index (κ1) is 13.4. The van der Waals surface area contributed by atoms with Crippen LogP contribution in [0, 0.1) is 12.7 Å². The quantitative estimate of drug-likeness (QED) is 0.649. The molecule has 4 heteroatoms. The summed E-state index contributed by atoms with van der Waals surface area (Å²) in [5.74, 6) is 0.523. The number of hydrogen-bond donors (Lipinski definition) is 1. The van der Waals surface area contributed by atoms with Gasteiger partial charge < -0.3 is 5.73 Å². The summed E-state index contributed by atoms with van der Waals surface area (Å²) in [5.41, 5.74) is 8.77. The second-order valence-electron chi connectivity index (χ2n) is 4.04. The number of anilines is 1. The summed E-state index contributed by atoms with van der Waals surface area (Å²) in [6.07, 6.45) is 0. The van der Waals surface area contributed by atoms with E-state index >= 15 is 0 Å². The van der Waals surface area contributed by atoms with Gasteiger partial charge in [-0.15, -0.1) is 11.8 Å². The Balaban J connectivity index is 2.13. The first-order valence-electron chi connectivity index (χ1n) is 5.49. The molecule has 2 rings (SSSR count). The van der Waals surface area contributed by atoms with E-state index in [0.29, 0.717) is 0 Å². The summed E-state index contributed by atoms with van der Waals surface area (Å²) in [6.45, 7) is 1.99. The molecule has 0 fully saturated rings. The van der Waals surface area contributed by atoms with Crippen LogP contribution in [-0.2, 0) is 5.75 Å². The van der Waals surface area contributed by atoms with Gasteiger partial charge in [-0.25, -0.2) is 4.39 Å². The van der Waals surface area contributed by atoms with Gasteiger partial charge in [0.2, 0.25) is 0 Å². The van der Waals surface area contributed by atoms with Gasteiger partial charge in [-0.1, -0.05) is 22.0 Å². The second kappa shape index (κ2) is 5.76. The van der Waals surface area contributed by atoms with E-state index in [2.05, 4.69) is 15.9 Å². The lowest BCUT2D eigenvalue weighted by molar-refractivity contribution is 0.626. The zero-order chi connectivity index (χ0) is 13.1. The average Bonchev–Trinajstić information content (AvgIpc) is 2.32. The van der Waals surface area contributed by atoms with E-state index in [-0.39, 0.29) is 5.82 Å². The fourth-order valence-corrected chi connectivity index (χ4v) is 2.99. The van der Waals surface area contributed by atoms with Crippen LogP contribution in [0.15, 0.2) is 45.8 Å². The van der Waals surface area contributed by atoms with E-state index in [9.17, 15) is 4.39 Å². The average molecular weight is 326 g/mol. The molecule has 0 spiro atoms. The summed E-state index contributed by atoms with van der Waals surface area (Å²) < 4.78 is 14.1. The molecule has 0 aliphatic rings. The third kappa shape index (κ3) is 3.27. The summed E-state index contributed by atoms with van der Waals surface area (Å²) in [4.78, 5) is 1.02. The van der Waals surface area contributed by atoms with Crippen molar-refractivity contribution in [1.29, 1.82) is 0 Å². The maximum atomic E-state index is 13.2. The Morgan fingerprint density at radius 3 is 2.72 bits per heavy atom. The molecule has 2 aromatic rings. The van der Waals surface area contributed by atoms with Gasteiger partial charge in [0, 0.05) is 20.8 Å². The SMILES string of the molecule is Cc1ccc(F)cc1CSc1ccc(Br)cc1N. The summed E-state index contributed by atoms with van der Waals surface area (Å²) in [6, 6.07) is 10.7. The summed E-state index contributed by atoms with van der Waals surface area (Å²) in [7, 11) is 0. The Labute approximate surface area is 119 Å². The van der Waals surface area contributed by atoms with E-state index in [1.54, 1.807) is 23.9 Å². The smallest absolute Gasteiger partial charge is 0.123 e. The Morgan fingerprint density at radius 2 is 2.00 bits per heavy atom. The third-order valence-electron chi connectivity index (χ3n) is 2.67. The van der Waals surface area contributed by atoms with Crippen LogP contribution in [0.5, 0.6) is 0 Å². The minimum atomic E-state index is -0.194. The van der Waals surface area contributed by atoms with Crippen LogP contribution in [0.25, 0.3) is 0 Å². The lowest BCUT2D eigenvalue weighted by atomic mass is 10.1. The molecule has 0 heterocycles. The Kier molecular flexibility index (Phi) is 4.30. The maximum Gasteiger partial charge on any atom is 0.123 e. The number of benzene rings is 2. The number of nitrogens with two attached hydrogens (primary N) is 1. The third-order valence-corrected chi connectivity index (χ3v) is 4.30. The molecular formula is C14H13BrFNS. The van der Waals surface area contributed by atoms with Crippen molar-refractivity contribution in [2.75, 3.05) is 5.73 Å². The van der Waals surface area contributed by atoms with Crippen LogP contribution >= 0.6 is 27.7 Å². The molecule has 0 unspecified atom stereocenters. The molecule has 0 radical (unpaired) electrons. The van der Waals surface area contributed by atoms with Gasteiger partial charge in [-0.3, -0.25) is 0 Å². The van der Waals surface area contributed by atoms with Crippen LogP contribution < -0.4 is 5.73 Å². The lowest BCUT2D eigenvalue weighted by Crippen LogP contribution is -1.91. The number of thioether (sulfide) groups is 1. The summed E-state index contributed by atoms with van der Waals surface area (Å²) >= 11 is 4.99. The molecule has 0 saturated heterocycles. The molecule has 0 aromatic heterocycles. The van der Waals surface area contributed by atoms with Crippen LogP contribution in [0.4, 0.5) is 10.1 Å². The highest BCUT2D eigenvalue weighted by Crippen LogP contribution is 2.31. The van der Waals surface area contributed by atoms with E-state index in [1.165, 1.54) is 6.07 Å². The van der Waals surface area contributed by atoms with E-state index in [4.69, 9.17) is 5.73 Å². The maximum absolute atomic E-state index is 13.2. The zero-order valence-corrected chi connectivity index (χ0v) is 12.3. The minimum Gasteiger partial charge on any atom is -0.398 e. The zero-order valence-electron chi connectivity index (χ0n) is 9.91. The molecule has 0 bridgehead atoms. The largest absolute Gasteiger partial charge is 0.398 e. The molecule has 1 nitrogen and oxygen atoms in total. The van der Waals surface area contributed by atoms with Crippen molar-refractivity contribution in [1.82, 2.24) is 0 Å². The van der Waals surface area contributed by atoms with E-state index in [0.717, 1.165) is 31.9 Å². The summed E-state index contributed by atoms with van der Waals surface area (Å²) in [5, 5.41) is 0. The molecular weight excluding hydrogens is 313 g/mol. The topological polar surface area (TPSA) is 26.0 Å².